The number of amides is 2. The summed E-state index contributed by atoms with van der Waals surface area (Å²) < 4.78 is 0. The summed E-state index contributed by atoms with van der Waals surface area (Å²) in [7, 11) is 0. The normalized spacial score (nSPS) is 19.4. The van der Waals surface area contributed by atoms with E-state index in [9.17, 15) is 4.79 Å². The molecule has 1 aromatic heterocycles. The number of nitrogens with one attached hydrogen (secondary N) is 1. The van der Waals surface area contributed by atoms with Crippen LogP contribution in [-0.4, -0.2) is 66.5 Å². The summed E-state index contributed by atoms with van der Waals surface area (Å²) in [6.45, 7) is 9.29. The summed E-state index contributed by atoms with van der Waals surface area (Å²) in [5.74, 6) is 0.797. The van der Waals surface area contributed by atoms with E-state index >= 15 is 0 Å². The third-order valence-electron chi connectivity index (χ3n) is 6.73. The summed E-state index contributed by atoms with van der Waals surface area (Å²) >= 11 is 1.79. The third kappa shape index (κ3) is 5.89. The average Bonchev–Trinajstić information content (AvgIpc) is 3.36. The summed E-state index contributed by atoms with van der Waals surface area (Å²) in [5.41, 5.74) is 1.90. The highest BCUT2D eigenvalue weighted by molar-refractivity contribution is 7.10. The Morgan fingerprint density at radius 2 is 1.84 bits per heavy atom. The van der Waals surface area contributed by atoms with Crippen molar-refractivity contribution in [3.63, 3.8) is 0 Å². The van der Waals surface area contributed by atoms with E-state index in [1.807, 2.05) is 29.2 Å². The molecule has 0 spiro atoms. The molecule has 0 aliphatic carbocycles. The van der Waals surface area contributed by atoms with Crippen LogP contribution >= 0.6 is 11.3 Å². The molecule has 6 nitrogen and oxygen atoms in total. The van der Waals surface area contributed by atoms with Gasteiger partial charge in [-0.1, -0.05) is 25.1 Å². The smallest absolute Gasteiger partial charge is 0.317 e. The van der Waals surface area contributed by atoms with E-state index in [-0.39, 0.29) is 12.1 Å². The van der Waals surface area contributed by atoms with Gasteiger partial charge in [-0.25, -0.2) is 4.79 Å². The molecule has 2 aromatic rings. The van der Waals surface area contributed by atoms with Crippen molar-refractivity contribution in [2.45, 2.75) is 32.4 Å². The Hall–Kier alpha value is -2.40. The van der Waals surface area contributed by atoms with Crippen LogP contribution < -0.4 is 5.32 Å². The van der Waals surface area contributed by atoms with Crippen LogP contribution in [0.25, 0.3) is 0 Å². The van der Waals surface area contributed by atoms with Crippen molar-refractivity contribution in [1.29, 1.82) is 5.26 Å². The lowest BCUT2D eigenvalue weighted by Crippen LogP contribution is -2.52. The molecule has 2 aliphatic rings. The van der Waals surface area contributed by atoms with E-state index < -0.39 is 0 Å². The molecular formula is C25H33N5OS. The number of urea groups is 1. The van der Waals surface area contributed by atoms with Gasteiger partial charge in [0.2, 0.25) is 0 Å². The van der Waals surface area contributed by atoms with Crippen LogP contribution in [0, 0.1) is 17.2 Å². The SMILES string of the molecule is CC1CCN(C(CNC(=O)N2CCN(Cc3ccc(C#N)cc3)CC2)c2cccs2)CC1. The van der Waals surface area contributed by atoms with Gasteiger partial charge in [0, 0.05) is 44.1 Å². The summed E-state index contributed by atoms with van der Waals surface area (Å²) in [6.07, 6.45) is 2.47. The van der Waals surface area contributed by atoms with Crippen LogP contribution in [0.15, 0.2) is 41.8 Å². The van der Waals surface area contributed by atoms with Gasteiger partial charge in [-0.2, -0.15) is 5.26 Å². The van der Waals surface area contributed by atoms with E-state index in [1.165, 1.54) is 23.3 Å². The van der Waals surface area contributed by atoms with Gasteiger partial charge in [0.15, 0.2) is 0 Å². The second-order valence-corrected chi connectivity index (χ2v) is 9.99. The van der Waals surface area contributed by atoms with Gasteiger partial charge >= 0.3 is 6.03 Å². The Balaban J connectivity index is 1.26. The Labute approximate surface area is 195 Å². The van der Waals surface area contributed by atoms with Crippen LogP contribution in [0.5, 0.6) is 0 Å². The number of benzene rings is 1. The molecular weight excluding hydrogens is 418 g/mol. The molecule has 2 fully saturated rings. The number of rotatable bonds is 6. The highest BCUT2D eigenvalue weighted by Crippen LogP contribution is 2.29. The fourth-order valence-corrected chi connectivity index (χ4v) is 5.44. The fraction of sp³-hybridized carbons (Fsp3) is 0.520. The third-order valence-corrected chi connectivity index (χ3v) is 7.70. The number of piperidine rings is 1. The molecule has 4 rings (SSSR count). The first-order valence-electron chi connectivity index (χ1n) is 11.6. The van der Waals surface area contributed by atoms with Crippen molar-refractivity contribution in [3.8, 4) is 6.07 Å². The Morgan fingerprint density at radius 1 is 1.12 bits per heavy atom. The number of piperazine rings is 1. The zero-order valence-corrected chi connectivity index (χ0v) is 19.7. The molecule has 0 bridgehead atoms. The highest BCUT2D eigenvalue weighted by atomic mass is 32.1. The molecule has 1 atom stereocenters. The maximum Gasteiger partial charge on any atom is 0.317 e. The predicted octanol–water partition coefficient (Wildman–Crippen LogP) is 3.92. The van der Waals surface area contributed by atoms with E-state index in [1.54, 1.807) is 11.3 Å². The van der Waals surface area contributed by atoms with Gasteiger partial charge in [-0.15, -0.1) is 11.3 Å². The Morgan fingerprint density at radius 3 is 2.47 bits per heavy atom. The molecule has 0 saturated carbocycles. The first-order valence-corrected chi connectivity index (χ1v) is 12.5. The lowest BCUT2D eigenvalue weighted by Gasteiger charge is -2.38. The first-order chi connectivity index (χ1) is 15.6. The zero-order chi connectivity index (χ0) is 22.3. The molecule has 7 heteroatoms. The molecule has 1 unspecified atom stereocenters. The first kappa shape index (κ1) is 22.8. The number of likely N-dealkylation sites (tertiary alicyclic amines) is 1. The molecule has 0 radical (unpaired) electrons. The molecule has 170 valence electrons. The van der Waals surface area contributed by atoms with Crippen LogP contribution in [-0.2, 0) is 6.54 Å². The highest BCUT2D eigenvalue weighted by Gasteiger charge is 2.27. The van der Waals surface area contributed by atoms with Gasteiger partial charge in [-0.3, -0.25) is 9.80 Å². The van der Waals surface area contributed by atoms with Crippen molar-refractivity contribution in [3.05, 3.63) is 57.8 Å². The number of carbonyl (C=O) groups is 1. The van der Waals surface area contributed by atoms with Crippen LogP contribution in [0.4, 0.5) is 4.79 Å². The number of nitriles is 1. The monoisotopic (exact) mass is 451 g/mol. The number of nitrogens with zero attached hydrogens (tertiary/aromatic N) is 4. The summed E-state index contributed by atoms with van der Waals surface area (Å²) in [4.78, 5) is 21.1. The second kappa shape index (κ2) is 11.0. The molecule has 3 heterocycles. The van der Waals surface area contributed by atoms with Gasteiger partial charge in [0.05, 0.1) is 17.7 Å². The van der Waals surface area contributed by atoms with Crippen molar-refractivity contribution in [2.24, 2.45) is 5.92 Å². The van der Waals surface area contributed by atoms with Crippen molar-refractivity contribution in [2.75, 3.05) is 45.8 Å². The van der Waals surface area contributed by atoms with Crippen LogP contribution in [0.2, 0.25) is 0 Å². The van der Waals surface area contributed by atoms with E-state index in [4.69, 9.17) is 5.26 Å². The van der Waals surface area contributed by atoms with E-state index in [0.29, 0.717) is 12.1 Å². The number of hydrogen-bond donors (Lipinski definition) is 1. The van der Waals surface area contributed by atoms with Crippen LogP contribution in [0.1, 0.15) is 41.8 Å². The lowest BCUT2D eigenvalue weighted by atomic mass is 9.97. The summed E-state index contributed by atoms with van der Waals surface area (Å²) in [5, 5.41) is 14.3. The second-order valence-electron chi connectivity index (χ2n) is 9.01. The Bertz CT molecular complexity index is 891. The topological polar surface area (TPSA) is 62.6 Å². The molecule has 2 aliphatic heterocycles. The van der Waals surface area contributed by atoms with Crippen molar-refractivity contribution in [1.82, 2.24) is 20.0 Å². The summed E-state index contributed by atoms with van der Waals surface area (Å²) in [6, 6.07) is 14.5. The van der Waals surface area contributed by atoms with E-state index in [0.717, 1.165) is 51.7 Å². The number of carbonyl (C=O) groups excluding carboxylic acids is 1. The van der Waals surface area contributed by atoms with Gasteiger partial charge in [-0.05, 0) is 61.0 Å². The molecule has 1 N–H and O–H groups in total. The Kier molecular flexibility index (Phi) is 7.80. The standard InChI is InChI=1S/C25H33N5OS/c1-20-8-10-29(11-9-20)23(24-3-2-16-32-24)18-27-25(31)30-14-12-28(13-15-30)19-22-6-4-21(17-26)5-7-22/h2-7,16,20,23H,8-15,18-19H2,1H3,(H,27,31). The fourth-order valence-electron chi connectivity index (χ4n) is 4.58. The van der Waals surface area contributed by atoms with Gasteiger partial charge < -0.3 is 10.2 Å². The minimum atomic E-state index is 0.0509. The van der Waals surface area contributed by atoms with E-state index in [2.05, 4.69) is 45.6 Å². The molecule has 32 heavy (non-hydrogen) atoms. The zero-order valence-electron chi connectivity index (χ0n) is 18.9. The van der Waals surface area contributed by atoms with Crippen molar-refractivity contribution >= 4 is 17.4 Å². The molecule has 2 amide bonds. The lowest BCUT2D eigenvalue weighted by molar-refractivity contribution is 0.122. The maximum absolute atomic E-state index is 12.9. The maximum atomic E-state index is 12.9. The number of thiophene rings is 1. The average molecular weight is 452 g/mol. The molecule has 1 aromatic carbocycles. The predicted molar refractivity (Wildman–Crippen MR) is 128 cm³/mol. The van der Waals surface area contributed by atoms with Crippen LogP contribution in [0.3, 0.4) is 0 Å². The van der Waals surface area contributed by atoms with Gasteiger partial charge in [0.25, 0.3) is 0 Å². The minimum Gasteiger partial charge on any atom is -0.336 e. The number of hydrogen-bond acceptors (Lipinski definition) is 5. The largest absolute Gasteiger partial charge is 0.336 e. The van der Waals surface area contributed by atoms with Crippen molar-refractivity contribution < 1.29 is 4.79 Å². The minimum absolute atomic E-state index is 0.0509. The van der Waals surface area contributed by atoms with Gasteiger partial charge in [0.1, 0.15) is 0 Å². The quantitative estimate of drug-likeness (QED) is 0.723. The molecule has 2 saturated heterocycles.